The summed E-state index contributed by atoms with van der Waals surface area (Å²) in [6.45, 7) is 4.50. The van der Waals surface area contributed by atoms with Crippen LogP contribution in [0.4, 0.5) is 5.69 Å². The summed E-state index contributed by atoms with van der Waals surface area (Å²) in [7, 11) is 0. The van der Waals surface area contributed by atoms with Crippen molar-refractivity contribution in [2.45, 2.75) is 24.5 Å². The lowest BCUT2D eigenvalue weighted by molar-refractivity contribution is 0.102. The van der Waals surface area contributed by atoms with Crippen LogP contribution in [0.1, 0.15) is 28.4 Å². The number of carbonyl (C=O) groups excluding carboxylic acids is 1. The number of ether oxygens (including phenoxy) is 1. The summed E-state index contributed by atoms with van der Waals surface area (Å²) in [4.78, 5) is 13.7. The number of hydrogen-bond acceptors (Lipinski definition) is 3. The van der Waals surface area contributed by atoms with E-state index in [1.165, 1.54) is 10.5 Å². The quantitative estimate of drug-likeness (QED) is 0.518. The van der Waals surface area contributed by atoms with Crippen LogP contribution in [0.25, 0.3) is 0 Å². The van der Waals surface area contributed by atoms with E-state index in [1.54, 1.807) is 17.8 Å². The van der Waals surface area contributed by atoms with Crippen LogP contribution in [-0.4, -0.2) is 12.5 Å². The zero-order chi connectivity index (χ0) is 19.1. The van der Waals surface area contributed by atoms with Gasteiger partial charge in [-0.05, 0) is 67.4 Å². The monoisotopic (exact) mass is 377 g/mol. The first kappa shape index (κ1) is 19.1. The van der Waals surface area contributed by atoms with Crippen LogP contribution in [0, 0.1) is 6.92 Å². The van der Waals surface area contributed by atoms with E-state index in [2.05, 4.69) is 29.6 Å². The Hall–Kier alpha value is -2.72. The van der Waals surface area contributed by atoms with Crippen molar-refractivity contribution in [1.82, 2.24) is 0 Å². The molecule has 0 aliphatic rings. The van der Waals surface area contributed by atoms with E-state index in [1.807, 2.05) is 56.3 Å². The maximum atomic E-state index is 12.5. The van der Waals surface area contributed by atoms with Gasteiger partial charge in [0.15, 0.2) is 0 Å². The number of anilines is 1. The second-order valence-corrected chi connectivity index (χ2v) is 7.21. The lowest BCUT2D eigenvalue weighted by Gasteiger charge is -2.10. The summed E-state index contributed by atoms with van der Waals surface area (Å²) >= 11 is 1.80. The zero-order valence-electron chi connectivity index (χ0n) is 15.6. The molecule has 1 N–H and O–H groups in total. The molecule has 0 bridgehead atoms. The summed E-state index contributed by atoms with van der Waals surface area (Å²) < 4.78 is 5.52. The van der Waals surface area contributed by atoms with E-state index >= 15 is 0 Å². The Kier molecular flexibility index (Phi) is 6.55. The molecule has 0 heterocycles. The number of aryl methyl sites for hydroxylation is 1. The Balaban J connectivity index is 1.59. The highest BCUT2D eigenvalue weighted by atomic mass is 32.2. The standard InChI is InChI=1S/C23H23NO2S/c1-3-26-22-14-11-19(15-17(22)2)23(25)24-20-12-9-18(10-13-20)16-27-21-7-5-4-6-8-21/h4-15H,3,16H2,1-2H3,(H,24,25). The molecule has 1 amide bonds. The van der Waals surface area contributed by atoms with Crippen molar-refractivity contribution in [3.63, 3.8) is 0 Å². The summed E-state index contributed by atoms with van der Waals surface area (Å²) in [5, 5.41) is 2.95. The molecule has 0 saturated carbocycles. The number of amides is 1. The van der Waals surface area contributed by atoms with Crippen molar-refractivity contribution in [3.05, 3.63) is 89.5 Å². The van der Waals surface area contributed by atoms with Crippen LogP contribution in [0.15, 0.2) is 77.7 Å². The molecule has 0 aromatic heterocycles. The molecule has 3 rings (SSSR count). The van der Waals surface area contributed by atoms with Gasteiger partial charge in [0.2, 0.25) is 0 Å². The fourth-order valence-corrected chi connectivity index (χ4v) is 3.55. The molecular formula is C23H23NO2S. The minimum absolute atomic E-state index is 0.118. The number of thioether (sulfide) groups is 1. The molecule has 0 aliphatic carbocycles. The molecule has 4 heteroatoms. The topological polar surface area (TPSA) is 38.3 Å². The average Bonchev–Trinajstić information content (AvgIpc) is 2.70. The Labute approximate surface area is 164 Å². The van der Waals surface area contributed by atoms with Gasteiger partial charge in [0.05, 0.1) is 6.61 Å². The van der Waals surface area contributed by atoms with Crippen LogP contribution in [0.5, 0.6) is 5.75 Å². The van der Waals surface area contributed by atoms with Crippen molar-refractivity contribution in [2.75, 3.05) is 11.9 Å². The first-order valence-corrected chi connectivity index (χ1v) is 9.96. The van der Waals surface area contributed by atoms with Crippen molar-refractivity contribution in [3.8, 4) is 5.75 Å². The fourth-order valence-electron chi connectivity index (χ4n) is 2.68. The number of rotatable bonds is 7. The SMILES string of the molecule is CCOc1ccc(C(=O)Nc2ccc(CSc3ccccc3)cc2)cc1C. The van der Waals surface area contributed by atoms with Gasteiger partial charge in [-0.15, -0.1) is 11.8 Å². The van der Waals surface area contributed by atoms with Gasteiger partial charge in [0.25, 0.3) is 5.91 Å². The minimum Gasteiger partial charge on any atom is -0.494 e. The lowest BCUT2D eigenvalue weighted by Crippen LogP contribution is -2.12. The van der Waals surface area contributed by atoms with E-state index in [0.717, 1.165) is 22.8 Å². The van der Waals surface area contributed by atoms with Crippen LogP contribution in [-0.2, 0) is 5.75 Å². The molecule has 0 spiro atoms. The molecule has 138 valence electrons. The molecule has 0 fully saturated rings. The molecule has 0 aliphatic heterocycles. The molecule has 27 heavy (non-hydrogen) atoms. The Bertz CT molecular complexity index is 892. The molecule has 0 atom stereocenters. The first-order valence-electron chi connectivity index (χ1n) is 8.97. The first-order chi connectivity index (χ1) is 13.2. The normalized spacial score (nSPS) is 10.4. The van der Waals surface area contributed by atoms with Gasteiger partial charge in [0.1, 0.15) is 5.75 Å². The summed E-state index contributed by atoms with van der Waals surface area (Å²) in [5.41, 5.74) is 3.59. The van der Waals surface area contributed by atoms with Gasteiger partial charge in [-0.3, -0.25) is 4.79 Å². The lowest BCUT2D eigenvalue weighted by atomic mass is 10.1. The molecule has 0 unspecified atom stereocenters. The summed E-state index contributed by atoms with van der Waals surface area (Å²) in [5.74, 6) is 1.60. The highest BCUT2D eigenvalue weighted by molar-refractivity contribution is 7.98. The average molecular weight is 378 g/mol. The molecule has 3 aromatic carbocycles. The number of hydrogen-bond donors (Lipinski definition) is 1. The Morgan fingerprint density at radius 3 is 2.41 bits per heavy atom. The molecule has 3 aromatic rings. The van der Waals surface area contributed by atoms with Crippen LogP contribution in [0.3, 0.4) is 0 Å². The van der Waals surface area contributed by atoms with Crippen LogP contribution >= 0.6 is 11.8 Å². The van der Waals surface area contributed by atoms with Gasteiger partial charge >= 0.3 is 0 Å². The molecule has 0 saturated heterocycles. The highest BCUT2D eigenvalue weighted by Crippen LogP contribution is 2.24. The largest absolute Gasteiger partial charge is 0.494 e. The number of nitrogens with one attached hydrogen (secondary N) is 1. The maximum absolute atomic E-state index is 12.5. The summed E-state index contributed by atoms with van der Waals surface area (Å²) in [6, 6.07) is 23.8. The van der Waals surface area contributed by atoms with Gasteiger partial charge in [-0.2, -0.15) is 0 Å². The van der Waals surface area contributed by atoms with E-state index < -0.39 is 0 Å². The van der Waals surface area contributed by atoms with Crippen LogP contribution < -0.4 is 10.1 Å². The van der Waals surface area contributed by atoms with Gasteiger partial charge in [-0.25, -0.2) is 0 Å². The van der Waals surface area contributed by atoms with Gasteiger partial charge in [0, 0.05) is 21.9 Å². The zero-order valence-corrected chi connectivity index (χ0v) is 16.4. The van der Waals surface area contributed by atoms with Gasteiger partial charge in [-0.1, -0.05) is 30.3 Å². The predicted octanol–water partition coefficient (Wildman–Crippen LogP) is 5.94. The van der Waals surface area contributed by atoms with E-state index in [9.17, 15) is 4.79 Å². The number of carbonyl (C=O) groups is 1. The van der Waals surface area contributed by atoms with E-state index in [0.29, 0.717) is 12.2 Å². The maximum Gasteiger partial charge on any atom is 0.255 e. The predicted molar refractivity (Wildman–Crippen MR) is 113 cm³/mol. The van der Waals surface area contributed by atoms with E-state index in [4.69, 9.17) is 4.74 Å². The molecule has 3 nitrogen and oxygen atoms in total. The third kappa shape index (κ3) is 5.38. The molecule has 0 radical (unpaired) electrons. The third-order valence-electron chi connectivity index (χ3n) is 4.10. The third-order valence-corrected chi connectivity index (χ3v) is 5.18. The van der Waals surface area contributed by atoms with Crippen molar-refractivity contribution < 1.29 is 9.53 Å². The van der Waals surface area contributed by atoms with Crippen molar-refractivity contribution in [2.24, 2.45) is 0 Å². The summed E-state index contributed by atoms with van der Waals surface area (Å²) in [6.07, 6.45) is 0. The second-order valence-electron chi connectivity index (χ2n) is 6.17. The highest BCUT2D eigenvalue weighted by Gasteiger charge is 2.09. The van der Waals surface area contributed by atoms with Gasteiger partial charge < -0.3 is 10.1 Å². The van der Waals surface area contributed by atoms with E-state index in [-0.39, 0.29) is 5.91 Å². The smallest absolute Gasteiger partial charge is 0.255 e. The van der Waals surface area contributed by atoms with Crippen LogP contribution in [0.2, 0.25) is 0 Å². The fraction of sp³-hybridized carbons (Fsp3) is 0.174. The Morgan fingerprint density at radius 2 is 1.74 bits per heavy atom. The van der Waals surface area contributed by atoms with Crippen molar-refractivity contribution in [1.29, 1.82) is 0 Å². The Morgan fingerprint density at radius 1 is 1.00 bits per heavy atom. The van der Waals surface area contributed by atoms with Crippen molar-refractivity contribution >= 4 is 23.4 Å². The second kappa shape index (κ2) is 9.28. The number of benzene rings is 3. The molecular weight excluding hydrogens is 354 g/mol. The minimum atomic E-state index is -0.118.